The van der Waals surface area contributed by atoms with Crippen LogP contribution < -0.4 is 5.19 Å². The van der Waals surface area contributed by atoms with Gasteiger partial charge in [0.25, 0.3) is 0 Å². The Bertz CT molecular complexity index is 411. The maximum absolute atomic E-state index is 6.27. The number of hydrogen-bond acceptors (Lipinski definition) is 2. The van der Waals surface area contributed by atoms with Gasteiger partial charge < -0.3 is 8.23 Å². The third-order valence-corrected chi connectivity index (χ3v) is 11.5. The molecule has 0 saturated heterocycles. The zero-order valence-electron chi connectivity index (χ0n) is 13.4. The minimum absolute atomic E-state index is 0.565. The second kappa shape index (κ2) is 6.49. The first kappa shape index (κ1) is 16.8. The topological polar surface area (TPSA) is 18.5 Å². The fourth-order valence-corrected chi connectivity index (χ4v) is 11.8. The van der Waals surface area contributed by atoms with E-state index in [1.807, 2.05) is 0 Å². The fraction of sp³-hybridized carbons (Fsp3) is 0.571. The van der Waals surface area contributed by atoms with Gasteiger partial charge in [0.2, 0.25) is 0 Å². The molecule has 2 nitrogen and oxygen atoms in total. The molecule has 0 amide bonds. The molecule has 0 saturated carbocycles. The van der Waals surface area contributed by atoms with E-state index >= 15 is 0 Å². The van der Waals surface area contributed by atoms with Gasteiger partial charge in [0, 0.05) is 0 Å². The molecule has 0 atom stereocenters. The van der Waals surface area contributed by atoms with E-state index in [9.17, 15) is 0 Å². The maximum atomic E-state index is 6.27. The first-order valence-electron chi connectivity index (χ1n) is 7.03. The molecule has 0 N–H and O–H groups in total. The van der Waals surface area contributed by atoms with Gasteiger partial charge in [-0.15, -0.1) is 0 Å². The normalized spacial score (nSPS) is 13.7. The van der Waals surface area contributed by atoms with E-state index < -0.39 is 26.6 Å². The second-order valence-electron chi connectivity index (χ2n) is 6.76. The predicted octanol–water partition coefficient (Wildman–Crippen LogP) is 3.09. The third kappa shape index (κ3) is 6.18. The van der Waals surface area contributed by atoms with Crippen molar-refractivity contribution in [3.63, 3.8) is 0 Å². The molecule has 0 bridgehead atoms. The lowest BCUT2D eigenvalue weighted by atomic mass is 10.0. The zero-order chi connectivity index (χ0) is 14.7. The van der Waals surface area contributed by atoms with E-state index in [4.69, 9.17) is 8.23 Å². The summed E-state index contributed by atoms with van der Waals surface area (Å²) in [7, 11) is -4.16. The Kier molecular flexibility index (Phi) is 5.76. The molecule has 0 aromatic heterocycles. The molecule has 1 rings (SSSR count). The van der Waals surface area contributed by atoms with Gasteiger partial charge in [-0.2, -0.15) is 0 Å². The molecule has 1 aromatic carbocycles. The first-order valence-corrected chi connectivity index (χ1v) is 14.5. The molecule has 0 aliphatic carbocycles. The van der Waals surface area contributed by atoms with Crippen molar-refractivity contribution in [2.24, 2.45) is 0 Å². The summed E-state index contributed by atoms with van der Waals surface area (Å²) in [6, 6.07) is 8.69. The van der Waals surface area contributed by atoms with Gasteiger partial charge in [0.15, 0.2) is 18.1 Å². The summed E-state index contributed by atoms with van der Waals surface area (Å²) in [6.07, 6.45) is 0. The summed E-state index contributed by atoms with van der Waals surface area (Å²) in [5.74, 6) is 0.565. The minimum atomic E-state index is -1.96. The van der Waals surface area contributed by atoms with Gasteiger partial charge in [-0.3, -0.25) is 0 Å². The van der Waals surface area contributed by atoms with Crippen LogP contribution >= 0.6 is 0 Å². The van der Waals surface area contributed by atoms with E-state index in [0.717, 1.165) is 0 Å². The van der Waals surface area contributed by atoms with Gasteiger partial charge in [-0.25, -0.2) is 0 Å². The highest BCUT2D eigenvalue weighted by Gasteiger charge is 2.31. The quantitative estimate of drug-likeness (QED) is 0.752. The van der Waals surface area contributed by atoms with Crippen LogP contribution in [0.1, 0.15) is 25.3 Å². The molecule has 108 valence electrons. The number of hydrogen-bond donors (Lipinski definition) is 0. The van der Waals surface area contributed by atoms with Crippen LogP contribution in [0, 0.1) is 0 Å². The Morgan fingerprint density at radius 2 is 1.58 bits per heavy atom. The summed E-state index contributed by atoms with van der Waals surface area (Å²) in [5.41, 5.74) is 1.44. The van der Waals surface area contributed by atoms with Crippen LogP contribution in [0.2, 0.25) is 32.7 Å². The Hall–Kier alpha value is -0.209. The lowest BCUT2D eigenvalue weighted by Crippen LogP contribution is -2.47. The molecule has 19 heavy (non-hydrogen) atoms. The van der Waals surface area contributed by atoms with Crippen molar-refractivity contribution >= 4 is 31.8 Å². The lowest BCUT2D eigenvalue weighted by Gasteiger charge is -2.31. The molecule has 0 fully saturated rings. The van der Waals surface area contributed by atoms with Crippen LogP contribution in [-0.4, -0.2) is 26.6 Å². The Labute approximate surface area is 122 Å². The van der Waals surface area contributed by atoms with E-state index in [-0.39, 0.29) is 0 Å². The Morgan fingerprint density at radius 3 is 2.11 bits per heavy atom. The van der Waals surface area contributed by atoms with E-state index in [2.05, 4.69) is 70.8 Å². The van der Waals surface area contributed by atoms with Crippen molar-refractivity contribution in [1.82, 2.24) is 0 Å². The van der Waals surface area contributed by atoms with E-state index in [1.165, 1.54) is 10.8 Å². The summed E-state index contributed by atoms with van der Waals surface area (Å²) in [4.78, 5) is 0. The monoisotopic (exact) mass is 312 g/mol. The van der Waals surface area contributed by atoms with E-state index in [1.54, 1.807) is 0 Å². The molecule has 0 aliphatic rings. The average molecular weight is 313 g/mol. The molecule has 0 aliphatic heterocycles. The van der Waals surface area contributed by atoms with Crippen molar-refractivity contribution in [3.05, 3.63) is 29.8 Å². The second-order valence-corrected chi connectivity index (χ2v) is 16.8. The maximum Gasteiger partial charge on any atom is 0.311 e. The molecular weight excluding hydrogens is 284 g/mol. The van der Waals surface area contributed by atoms with Gasteiger partial charge in [-0.1, -0.05) is 38.1 Å². The molecule has 0 radical (unpaired) electrons. The SMILES string of the molecule is CC(C)c1ccccc1[SiH2]O[Si](C)(C)O[Si](C)(C)C. The van der Waals surface area contributed by atoms with Crippen molar-refractivity contribution < 1.29 is 8.23 Å². The van der Waals surface area contributed by atoms with Crippen molar-refractivity contribution in [2.45, 2.75) is 52.5 Å². The van der Waals surface area contributed by atoms with Gasteiger partial charge in [-0.05, 0) is 49.4 Å². The highest BCUT2D eigenvalue weighted by Crippen LogP contribution is 2.16. The molecule has 0 spiro atoms. The van der Waals surface area contributed by atoms with Crippen LogP contribution in [0.3, 0.4) is 0 Å². The Balaban J connectivity index is 2.71. The predicted molar refractivity (Wildman–Crippen MR) is 91.7 cm³/mol. The minimum Gasteiger partial charge on any atom is -0.438 e. The standard InChI is InChI=1S/C14H28O2Si3/c1-12(2)13-10-8-9-11-14(13)17-15-19(6,7)16-18(3,4)5/h8-12H,17H2,1-7H3. The Morgan fingerprint density at radius 1 is 1.00 bits per heavy atom. The number of rotatable bonds is 6. The lowest BCUT2D eigenvalue weighted by molar-refractivity contribution is 0.414. The highest BCUT2D eigenvalue weighted by atomic mass is 28.5. The molecule has 5 heteroatoms. The molecule has 1 aromatic rings. The van der Waals surface area contributed by atoms with Crippen molar-refractivity contribution in [2.75, 3.05) is 0 Å². The summed E-state index contributed by atoms with van der Waals surface area (Å²) < 4.78 is 12.5. The highest BCUT2D eigenvalue weighted by molar-refractivity contribution is 6.83. The third-order valence-electron chi connectivity index (χ3n) is 2.80. The molecule has 0 unspecified atom stereocenters. The first-order chi connectivity index (χ1) is 8.61. The van der Waals surface area contributed by atoms with Gasteiger partial charge in [0.1, 0.15) is 0 Å². The summed E-state index contributed by atoms with van der Waals surface area (Å²) in [5, 5.41) is 1.43. The largest absolute Gasteiger partial charge is 0.438 e. The van der Waals surface area contributed by atoms with Crippen molar-refractivity contribution in [3.8, 4) is 0 Å². The zero-order valence-corrected chi connectivity index (χ0v) is 16.8. The van der Waals surface area contributed by atoms with Crippen LogP contribution in [-0.2, 0) is 8.23 Å². The number of benzene rings is 1. The van der Waals surface area contributed by atoms with Gasteiger partial charge >= 0.3 is 8.56 Å². The van der Waals surface area contributed by atoms with Crippen LogP contribution in [0.5, 0.6) is 0 Å². The summed E-state index contributed by atoms with van der Waals surface area (Å²) >= 11 is 0. The summed E-state index contributed by atoms with van der Waals surface area (Å²) in [6.45, 7) is 15.5. The van der Waals surface area contributed by atoms with Crippen LogP contribution in [0.15, 0.2) is 24.3 Å². The molecule has 0 heterocycles. The van der Waals surface area contributed by atoms with E-state index in [0.29, 0.717) is 5.92 Å². The smallest absolute Gasteiger partial charge is 0.311 e. The van der Waals surface area contributed by atoms with Crippen molar-refractivity contribution in [1.29, 1.82) is 0 Å². The van der Waals surface area contributed by atoms with Crippen LogP contribution in [0.4, 0.5) is 0 Å². The fourth-order valence-electron chi connectivity index (χ4n) is 2.25. The average Bonchev–Trinajstić information content (AvgIpc) is 2.23. The van der Waals surface area contributed by atoms with Gasteiger partial charge in [0.05, 0.1) is 0 Å². The molecular formula is C14H28O2Si3. The van der Waals surface area contributed by atoms with Crippen LogP contribution in [0.25, 0.3) is 0 Å².